The molecule has 0 saturated carbocycles. The van der Waals surface area contributed by atoms with Gasteiger partial charge in [0, 0.05) is 72.5 Å². The third-order valence-corrected chi connectivity index (χ3v) is 15.7. The van der Waals surface area contributed by atoms with E-state index in [2.05, 4.69) is 334 Å². The van der Waals surface area contributed by atoms with Crippen LogP contribution >= 0.6 is 0 Å². The average Bonchev–Trinajstić information content (AvgIpc) is 3.19. The van der Waals surface area contributed by atoms with Gasteiger partial charge in [-0.25, -0.2) is 9.97 Å². The molecule has 15 aromatic rings. The Morgan fingerprint density at radius 2 is 0.622 bits per heavy atom. The molecule has 0 unspecified atom stereocenters. The van der Waals surface area contributed by atoms with Crippen LogP contribution in [0.3, 0.4) is 0 Å². The van der Waals surface area contributed by atoms with Crippen LogP contribution in [0.15, 0.2) is 315 Å². The van der Waals surface area contributed by atoms with E-state index in [0.29, 0.717) is 5.95 Å². The molecule has 15 rings (SSSR count). The zero-order chi connectivity index (χ0) is 54.3. The maximum atomic E-state index is 5.75. The highest BCUT2D eigenvalue weighted by Crippen LogP contribution is 2.45. The molecule has 0 bridgehead atoms. The number of rotatable bonds is 12. The van der Waals surface area contributed by atoms with Crippen LogP contribution in [-0.4, -0.2) is 19.1 Å². The smallest absolute Gasteiger partial charge is 0.235 e. The number of benzene rings is 12. The monoisotopic (exact) mass is 1050 g/mol. The number of aromatic nitrogens is 4. The molecule has 3 aromatic heterocycles. The van der Waals surface area contributed by atoms with Crippen LogP contribution in [-0.2, 0) is 0 Å². The summed E-state index contributed by atoms with van der Waals surface area (Å²) in [5.74, 6) is 0.576. The van der Waals surface area contributed by atoms with Gasteiger partial charge in [-0.1, -0.05) is 200 Å². The van der Waals surface area contributed by atoms with E-state index in [1.54, 1.807) is 0 Å². The van der Waals surface area contributed by atoms with Crippen LogP contribution in [0, 0.1) is 0 Å². The Kier molecular flexibility index (Phi) is 12.1. The molecule has 0 aliphatic carbocycles. The molecule has 0 aliphatic rings. The second kappa shape index (κ2) is 20.6. The molecule has 0 atom stereocenters. The molecule has 0 N–H and O–H groups in total. The van der Waals surface area contributed by atoms with Crippen molar-refractivity contribution in [1.29, 1.82) is 0 Å². The molecule has 12 aromatic carbocycles. The Morgan fingerprint density at radius 3 is 1.11 bits per heavy atom. The first-order valence-corrected chi connectivity index (χ1v) is 27.8. The lowest BCUT2D eigenvalue weighted by Crippen LogP contribution is -2.09. The van der Waals surface area contributed by atoms with Crippen LogP contribution in [0.4, 0.5) is 34.1 Å². The lowest BCUT2D eigenvalue weighted by Gasteiger charge is -2.25. The first kappa shape index (κ1) is 48.1. The normalized spacial score (nSPS) is 11.4. The van der Waals surface area contributed by atoms with Crippen molar-refractivity contribution in [2.24, 2.45) is 0 Å². The van der Waals surface area contributed by atoms with E-state index < -0.39 is 0 Å². The van der Waals surface area contributed by atoms with Crippen LogP contribution in [0.2, 0.25) is 0 Å². The number of nitrogens with zero attached hydrogens (tertiary/aromatic N) is 6. The Labute approximate surface area is 476 Å². The maximum absolute atomic E-state index is 5.75. The summed E-state index contributed by atoms with van der Waals surface area (Å²) < 4.78 is 4.65. The van der Waals surface area contributed by atoms with Gasteiger partial charge >= 0.3 is 0 Å². The summed E-state index contributed by atoms with van der Waals surface area (Å²) in [4.78, 5) is 16.1. The Morgan fingerprint density at radius 1 is 0.244 bits per heavy atom. The van der Waals surface area contributed by atoms with Crippen molar-refractivity contribution < 1.29 is 0 Å². The molecule has 82 heavy (non-hydrogen) atoms. The third kappa shape index (κ3) is 8.54. The molecule has 6 heteroatoms. The number of fused-ring (bicyclic) bond motifs is 6. The molecule has 0 fully saturated rings. The summed E-state index contributed by atoms with van der Waals surface area (Å²) in [5.41, 5.74) is 19.8. The fourth-order valence-corrected chi connectivity index (χ4v) is 12.1. The minimum absolute atomic E-state index is 0.576. The zero-order valence-electron chi connectivity index (χ0n) is 44.7. The molecule has 0 spiro atoms. The highest BCUT2D eigenvalue weighted by Gasteiger charge is 2.24. The predicted molar refractivity (Wildman–Crippen MR) is 342 cm³/mol. The quantitative estimate of drug-likeness (QED) is 0.122. The van der Waals surface area contributed by atoms with E-state index >= 15 is 0 Å². The summed E-state index contributed by atoms with van der Waals surface area (Å²) in [6, 6.07) is 112. The van der Waals surface area contributed by atoms with Crippen LogP contribution in [0.25, 0.3) is 100 Å². The fraction of sp³-hybridized carbons (Fsp3) is 0. The third-order valence-electron chi connectivity index (χ3n) is 15.7. The van der Waals surface area contributed by atoms with Gasteiger partial charge in [0.1, 0.15) is 0 Å². The van der Waals surface area contributed by atoms with Gasteiger partial charge in [0.2, 0.25) is 5.95 Å². The van der Waals surface area contributed by atoms with Gasteiger partial charge in [-0.05, 0) is 138 Å². The molecule has 0 aliphatic heterocycles. The first-order valence-electron chi connectivity index (χ1n) is 27.8. The van der Waals surface area contributed by atoms with Crippen molar-refractivity contribution in [3.63, 3.8) is 0 Å². The minimum atomic E-state index is 0.576. The van der Waals surface area contributed by atoms with Gasteiger partial charge in [0.15, 0.2) is 0 Å². The summed E-state index contributed by atoms with van der Waals surface area (Å²) >= 11 is 0. The van der Waals surface area contributed by atoms with Crippen molar-refractivity contribution in [2.45, 2.75) is 0 Å². The fourth-order valence-electron chi connectivity index (χ4n) is 12.1. The second-order valence-corrected chi connectivity index (χ2v) is 20.6. The number of hydrogen-bond acceptors (Lipinski definition) is 4. The SMILES string of the molecule is c1ccc(-c2cccc(-c3ccccc3)c2-c2cc(-c3cccc(-n4c5ccccc5c5cc(N(c6ccccc6)c6ccccc6)ccc54)c3)nc(-n3c4ccccc4c4cc(N(c5ccccc5)c5ccccc5)ccc43)n2)cc1. The highest BCUT2D eigenvalue weighted by atomic mass is 15.2. The van der Waals surface area contributed by atoms with E-state index in [9.17, 15) is 0 Å². The lowest BCUT2D eigenvalue weighted by atomic mass is 9.89. The molecule has 6 nitrogen and oxygen atoms in total. The van der Waals surface area contributed by atoms with Gasteiger partial charge in [-0.15, -0.1) is 0 Å². The predicted octanol–water partition coefficient (Wildman–Crippen LogP) is 20.3. The van der Waals surface area contributed by atoms with E-state index in [-0.39, 0.29) is 0 Å². The number of anilines is 6. The molecule has 386 valence electrons. The Hall–Kier alpha value is -11.1. The number of hydrogen-bond donors (Lipinski definition) is 0. The maximum Gasteiger partial charge on any atom is 0.235 e. The van der Waals surface area contributed by atoms with Crippen LogP contribution in [0.1, 0.15) is 0 Å². The average molecular weight is 1050 g/mol. The highest BCUT2D eigenvalue weighted by molar-refractivity contribution is 6.12. The van der Waals surface area contributed by atoms with Crippen molar-refractivity contribution >= 4 is 77.7 Å². The summed E-state index contributed by atoms with van der Waals surface area (Å²) in [7, 11) is 0. The van der Waals surface area contributed by atoms with Crippen molar-refractivity contribution in [1.82, 2.24) is 19.1 Å². The van der Waals surface area contributed by atoms with Crippen molar-refractivity contribution in [3.05, 3.63) is 315 Å². The Bertz CT molecular complexity index is 4650. The largest absolute Gasteiger partial charge is 0.310 e. The zero-order valence-corrected chi connectivity index (χ0v) is 44.7. The van der Waals surface area contributed by atoms with Gasteiger partial charge < -0.3 is 14.4 Å². The molecule has 0 saturated heterocycles. The first-order chi connectivity index (χ1) is 40.7. The van der Waals surface area contributed by atoms with Crippen molar-refractivity contribution in [2.75, 3.05) is 9.80 Å². The van der Waals surface area contributed by atoms with E-state index in [4.69, 9.17) is 9.97 Å². The molecule has 0 radical (unpaired) electrons. The van der Waals surface area contributed by atoms with E-state index in [1.165, 1.54) is 5.39 Å². The van der Waals surface area contributed by atoms with Crippen molar-refractivity contribution in [3.8, 4) is 56.4 Å². The topological polar surface area (TPSA) is 42.1 Å². The van der Waals surface area contributed by atoms with E-state index in [1.807, 2.05) is 0 Å². The Balaban J connectivity index is 0.951. The van der Waals surface area contributed by atoms with E-state index in [0.717, 1.165) is 123 Å². The van der Waals surface area contributed by atoms with Gasteiger partial charge in [0.25, 0.3) is 0 Å². The summed E-state index contributed by atoms with van der Waals surface area (Å²) in [5, 5.41) is 4.55. The van der Waals surface area contributed by atoms with Gasteiger partial charge in [0.05, 0.1) is 33.5 Å². The standard InChI is InChI=1S/C76H52N6/c1-7-25-53(26-8-1)63-41-24-42-64(54-27-9-2-10-28-54)75(63)70-52-69(77-76(78-70)82-72-44-22-20-40-66(72)68-51-62(46-48-74(68)82)80(58-34-15-5-16-35-58)59-36-17-6-18-37-59)55-29-23-38-60(49-55)81-71-43-21-19-39-65(71)67-50-61(45-47-73(67)81)79(56-30-11-3-12-31-56)57-32-13-4-14-33-57/h1-52H. The second-order valence-electron chi connectivity index (χ2n) is 20.6. The van der Waals surface area contributed by atoms with Gasteiger partial charge in [-0.2, -0.15) is 0 Å². The van der Waals surface area contributed by atoms with Crippen LogP contribution in [0.5, 0.6) is 0 Å². The number of para-hydroxylation sites is 6. The van der Waals surface area contributed by atoms with Crippen LogP contribution < -0.4 is 9.80 Å². The molecule has 0 amide bonds. The van der Waals surface area contributed by atoms with Gasteiger partial charge in [-0.3, -0.25) is 4.57 Å². The minimum Gasteiger partial charge on any atom is -0.310 e. The molecular weight excluding hydrogens is 997 g/mol. The summed E-state index contributed by atoms with van der Waals surface area (Å²) in [6.45, 7) is 0. The summed E-state index contributed by atoms with van der Waals surface area (Å²) in [6.07, 6.45) is 0. The molecule has 3 heterocycles. The lowest BCUT2D eigenvalue weighted by molar-refractivity contribution is 0.995. The molecular formula is C76H52N6.